The smallest absolute Gasteiger partial charge is 0.325 e. The Balaban J connectivity index is 2.24. The molecule has 20 heavy (non-hydrogen) atoms. The third kappa shape index (κ3) is 3.48. The van der Waals surface area contributed by atoms with Crippen LogP contribution in [0.25, 0.3) is 0 Å². The third-order valence-corrected chi connectivity index (χ3v) is 3.83. The molecule has 0 aromatic heterocycles. The summed E-state index contributed by atoms with van der Waals surface area (Å²) in [5, 5.41) is 9.51. The van der Waals surface area contributed by atoms with Gasteiger partial charge in [0.25, 0.3) is 0 Å². The normalized spacial score (nSPS) is 19.1. The number of carbonyl (C=O) groups is 1. The summed E-state index contributed by atoms with van der Waals surface area (Å²) in [5.41, 5.74) is 5.96. The highest BCUT2D eigenvalue weighted by Gasteiger charge is 2.28. The predicted molar refractivity (Wildman–Crippen MR) is 75.8 cm³/mol. The maximum atomic E-state index is 13.6. The molecule has 1 aromatic rings. The Kier molecular flexibility index (Phi) is 4.95. The number of carboxylic acids is 1. The van der Waals surface area contributed by atoms with Crippen molar-refractivity contribution in [3.63, 3.8) is 0 Å². The molecule has 0 bridgehead atoms. The number of hydrogen-bond acceptors (Lipinski definition) is 3. The molecule has 1 aliphatic rings. The Bertz CT molecular complexity index is 471. The molecule has 110 valence electrons. The number of halogens is 1. The van der Waals surface area contributed by atoms with Crippen LogP contribution in [0.5, 0.6) is 0 Å². The van der Waals surface area contributed by atoms with E-state index in [1.165, 1.54) is 18.6 Å². The first-order valence-electron chi connectivity index (χ1n) is 7.11. The third-order valence-electron chi connectivity index (χ3n) is 3.83. The lowest BCUT2D eigenvalue weighted by Crippen LogP contribution is -2.36. The van der Waals surface area contributed by atoms with E-state index in [1.807, 2.05) is 4.90 Å². The fourth-order valence-electron chi connectivity index (χ4n) is 2.75. The van der Waals surface area contributed by atoms with Crippen LogP contribution in [0.1, 0.15) is 43.7 Å². The number of nitrogens with zero attached hydrogens (tertiary/aromatic N) is 1. The highest BCUT2D eigenvalue weighted by molar-refractivity contribution is 5.75. The Labute approximate surface area is 118 Å². The van der Waals surface area contributed by atoms with Crippen LogP contribution in [-0.4, -0.2) is 29.1 Å². The number of nitrogen functional groups attached to an aromatic ring is 1. The van der Waals surface area contributed by atoms with Gasteiger partial charge in [0.05, 0.1) is 5.69 Å². The number of hydrogen-bond donors (Lipinski definition) is 2. The largest absolute Gasteiger partial charge is 0.480 e. The number of rotatable bonds is 3. The zero-order valence-corrected chi connectivity index (χ0v) is 11.5. The first-order chi connectivity index (χ1) is 9.59. The minimum absolute atomic E-state index is 0.0468. The van der Waals surface area contributed by atoms with Gasteiger partial charge in [0, 0.05) is 0 Å². The van der Waals surface area contributed by atoms with E-state index in [4.69, 9.17) is 5.73 Å². The van der Waals surface area contributed by atoms with Crippen LogP contribution in [0.3, 0.4) is 0 Å². The van der Waals surface area contributed by atoms with Gasteiger partial charge in [-0.3, -0.25) is 9.69 Å². The van der Waals surface area contributed by atoms with Crippen molar-refractivity contribution >= 4 is 11.7 Å². The molecule has 0 amide bonds. The summed E-state index contributed by atoms with van der Waals surface area (Å²) in [5.74, 6) is -1.49. The number of carboxylic acid groups (broad SMARTS) is 1. The second kappa shape index (κ2) is 6.70. The Morgan fingerprint density at radius 3 is 2.35 bits per heavy atom. The molecular weight excluding hydrogens is 259 g/mol. The van der Waals surface area contributed by atoms with E-state index in [0.717, 1.165) is 38.8 Å². The van der Waals surface area contributed by atoms with Gasteiger partial charge < -0.3 is 10.8 Å². The molecule has 1 fully saturated rings. The minimum atomic E-state index is -0.935. The Morgan fingerprint density at radius 2 is 1.80 bits per heavy atom. The molecular formula is C15H21FN2O2. The van der Waals surface area contributed by atoms with E-state index in [9.17, 15) is 14.3 Å². The molecule has 0 radical (unpaired) electrons. The van der Waals surface area contributed by atoms with E-state index in [2.05, 4.69) is 0 Å². The predicted octanol–water partition coefficient (Wildman–Crippen LogP) is 2.80. The molecule has 1 aliphatic heterocycles. The first kappa shape index (κ1) is 14.8. The molecule has 0 saturated carbocycles. The first-order valence-corrected chi connectivity index (χ1v) is 7.11. The van der Waals surface area contributed by atoms with Gasteiger partial charge in [0.15, 0.2) is 0 Å². The SMILES string of the molecule is Nc1ccc([C@@H](C(=O)O)N2CCCCCCC2)cc1F. The van der Waals surface area contributed by atoms with Crippen molar-refractivity contribution in [1.82, 2.24) is 4.90 Å². The lowest BCUT2D eigenvalue weighted by molar-refractivity contribution is -0.143. The second-order valence-corrected chi connectivity index (χ2v) is 5.33. The van der Waals surface area contributed by atoms with E-state index in [1.54, 1.807) is 6.07 Å². The van der Waals surface area contributed by atoms with Crippen molar-refractivity contribution in [1.29, 1.82) is 0 Å². The van der Waals surface area contributed by atoms with Crippen molar-refractivity contribution in [3.05, 3.63) is 29.6 Å². The minimum Gasteiger partial charge on any atom is -0.480 e. The quantitative estimate of drug-likeness (QED) is 0.835. The summed E-state index contributed by atoms with van der Waals surface area (Å²) < 4.78 is 13.6. The lowest BCUT2D eigenvalue weighted by Gasteiger charge is -2.30. The number of likely N-dealkylation sites (tertiary alicyclic amines) is 1. The van der Waals surface area contributed by atoms with Crippen molar-refractivity contribution in [3.8, 4) is 0 Å². The van der Waals surface area contributed by atoms with Gasteiger partial charge in [-0.1, -0.05) is 25.3 Å². The van der Waals surface area contributed by atoms with Gasteiger partial charge >= 0.3 is 5.97 Å². The van der Waals surface area contributed by atoms with Crippen LogP contribution in [-0.2, 0) is 4.79 Å². The van der Waals surface area contributed by atoms with E-state index in [-0.39, 0.29) is 5.69 Å². The molecule has 1 saturated heterocycles. The molecule has 0 aliphatic carbocycles. The van der Waals surface area contributed by atoms with Gasteiger partial charge in [-0.25, -0.2) is 4.39 Å². The number of anilines is 1. The Morgan fingerprint density at radius 1 is 1.20 bits per heavy atom. The maximum Gasteiger partial charge on any atom is 0.325 e. The summed E-state index contributed by atoms with van der Waals surface area (Å²) in [6.07, 6.45) is 5.43. The van der Waals surface area contributed by atoms with Crippen LogP contribution in [0.15, 0.2) is 18.2 Å². The lowest BCUT2D eigenvalue weighted by atomic mass is 10.0. The van der Waals surface area contributed by atoms with Crippen molar-refractivity contribution in [2.45, 2.75) is 38.1 Å². The average molecular weight is 280 g/mol. The summed E-state index contributed by atoms with van der Waals surface area (Å²) in [4.78, 5) is 13.5. The van der Waals surface area contributed by atoms with Gasteiger partial charge in [0.2, 0.25) is 0 Å². The molecule has 5 heteroatoms. The number of benzene rings is 1. The monoisotopic (exact) mass is 280 g/mol. The molecule has 1 heterocycles. The van der Waals surface area contributed by atoms with Gasteiger partial charge in [-0.15, -0.1) is 0 Å². The standard InChI is InChI=1S/C15H21FN2O2/c16-12-10-11(6-7-13(12)17)14(15(19)20)18-8-4-2-1-3-5-9-18/h6-7,10,14H,1-5,8-9,17H2,(H,19,20)/t14-/m0/s1. The van der Waals surface area contributed by atoms with E-state index >= 15 is 0 Å². The topological polar surface area (TPSA) is 66.6 Å². The molecule has 3 N–H and O–H groups in total. The Hall–Kier alpha value is -1.62. The number of aliphatic carboxylic acids is 1. The molecule has 4 nitrogen and oxygen atoms in total. The van der Waals surface area contributed by atoms with Crippen LogP contribution in [0.2, 0.25) is 0 Å². The van der Waals surface area contributed by atoms with Crippen LogP contribution >= 0.6 is 0 Å². The molecule has 2 rings (SSSR count). The van der Waals surface area contributed by atoms with Gasteiger partial charge in [-0.05, 0) is 43.6 Å². The zero-order valence-electron chi connectivity index (χ0n) is 11.5. The zero-order chi connectivity index (χ0) is 14.5. The van der Waals surface area contributed by atoms with Crippen molar-refractivity contribution in [2.75, 3.05) is 18.8 Å². The van der Waals surface area contributed by atoms with Crippen molar-refractivity contribution < 1.29 is 14.3 Å². The summed E-state index contributed by atoms with van der Waals surface area (Å²) in [6, 6.07) is 3.50. The van der Waals surface area contributed by atoms with Crippen LogP contribution in [0, 0.1) is 5.82 Å². The maximum absolute atomic E-state index is 13.6. The average Bonchev–Trinajstić information content (AvgIpc) is 2.36. The van der Waals surface area contributed by atoms with E-state index < -0.39 is 17.8 Å². The fraction of sp³-hybridized carbons (Fsp3) is 0.533. The van der Waals surface area contributed by atoms with Gasteiger partial charge in [-0.2, -0.15) is 0 Å². The summed E-state index contributed by atoms with van der Waals surface area (Å²) in [7, 11) is 0. The molecule has 1 aromatic carbocycles. The molecule has 0 spiro atoms. The van der Waals surface area contributed by atoms with Crippen LogP contribution in [0.4, 0.5) is 10.1 Å². The summed E-state index contributed by atoms with van der Waals surface area (Å²) in [6.45, 7) is 1.48. The summed E-state index contributed by atoms with van der Waals surface area (Å²) >= 11 is 0. The molecule has 0 unspecified atom stereocenters. The van der Waals surface area contributed by atoms with E-state index in [0.29, 0.717) is 5.56 Å². The second-order valence-electron chi connectivity index (χ2n) is 5.33. The van der Waals surface area contributed by atoms with Crippen molar-refractivity contribution in [2.24, 2.45) is 0 Å². The highest BCUT2D eigenvalue weighted by atomic mass is 19.1. The molecule has 1 atom stereocenters. The van der Waals surface area contributed by atoms with Crippen LogP contribution < -0.4 is 5.73 Å². The number of nitrogens with two attached hydrogens (primary N) is 1. The highest BCUT2D eigenvalue weighted by Crippen LogP contribution is 2.26. The fourth-order valence-corrected chi connectivity index (χ4v) is 2.75. The van der Waals surface area contributed by atoms with Gasteiger partial charge in [0.1, 0.15) is 11.9 Å².